The van der Waals surface area contributed by atoms with Crippen molar-refractivity contribution in [3.8, 4) is 22.6 Å². The smallest absolute Gasteiger partial charge is 0.220 e. The zero-order valence-electron chi connectivity index (χ0n) is 12.7. The van der Waals surface area contributed by atoms with Crippen molar-refractivity contribution >= 4 is 40.1 Å². The third-order valence-electron chi connectivity index (χ3n) is 3.56. The molecule has 0 amide bonds. The molecule has 24 heavy (non-hydrogen) atoms. The van der Waals surface area contributed by atoms with Crippen molar-refractivity contribution in [2.24, 2.45) is 0 Å². The van der Waals surface area contributed by atoms with Gasteiger partial charge in [-0.05, 0) is 12.1 Å². The predicted molar refractivity (Wildman–Crippen MR) is 92.5 cm³/mol. The number of rotatable bonds is 3. The van der Waals surface area contributed by atoms with Crippen LogP contribution in [0.25, 0.3) is 22.0 Å². The minimum Gasteiger partial charge on any atom is -0.495 e. The maximum absolute atomic E-state index is 15.0. The van der Waals surface area contributed by atoms with E-state index in [1.54, 1.807) is 6.07 Å². The molecule has 0 unspecified atom stereocenters. The number of ether oxygens (including phenoxy) is 2. The van der Waals surface area contributed by atoms with Crippen LogP contribution in [0.3, 0.4) is 0 Å². The lowest BCUT2D eigenvalue weighted by molar-refractivity contribution is 0.395. The van der Waals surface area contributed by atoms with Crippen LogP contribution in [0.1, 0.15) is 0 Å². The molecule has 5 nitrogen and oxygen atoms in total. The standard InChI is InChI=1S/C16H12Cl2FN3O2/c1-23-10-5-11(24-2)14(18)12(13(10)17)7-3-4-9-8(15(7)19)6-21-16(20)22-9/h3-6H,1-2H3,(H2,20,21,22). The van der Waals surface area contributed by atoms with Gasteiger partial charge in [-0.25, -0.2) is 14.4 Å². The first-order valence-electron chi connectivity index (χ1n) is 6.79. The predicted octanol–water partition coefficient (Wildman–Crippen LogP) is 4.34. The van der Waals surface area contributed by atoms with E-state index in [2.05, 4.69) is 9.97 Å². The maximum atomic E-state index is 15.0. The molecule has 0 bridgehead atoms. The minimum atomic E-state index is -0.563. The molecule has 8 heteroatoms. The molecule has 1 heterocycles. The SMILES string of the molecule is COc1cc(OC)c(Cl)c(-c2ccc3nc(N)ncc3c2F)c1Cl. The summed E-state index contributed by atoms with van der Waals surface area (Å²) >= 11 is 12.7. The molecular weight excluding hydrogens is 356 g/mol. The maximum Gasteiger partial charge on any atom is 0.220 e. The number of nitrogens with two attached hydrogens (primary N) is 1. The quantitative estimate of drug-likeness (QED) is 0.745. The Morgan fingerprint density at radius 2 is 1.71 bits per heavy atom. The van der Waals surface area contributed by atoms with Crippen LogP contribution in [0.15, 0.2) is 24.4 Å². The molecule has 0 aliphatic rings. The second-order valence-electron chi connectivity index (χ2n) is 4.87. The molecule has 3 rings (SSSR count). The molecule has 3 aromatic rings. The zero-order valence-corrected chi connectivity index (χ0v) is 14.2. The highest BCUT2D eigenvalue weighted by Crippen LogP contribution is 2.47. The summed E-state index contributed by atoms with van der Waals surface area (Å²) in [4.78, 5) is 7.82. The number of hydrogen-bond acceptors (Lipinski definition) is 5. The summed E-state index contributed by atoms with van der Waals surface area (Å²) in [6.45, 7) is 0. The number of nitrogen functional groups attached to an aromatic ring is 1. The lowest BCUT2D eigenvalue weighted by Gasteiger charge is -2.15. The highest BCUT2D eigenvalue weighted by Gasteiger charge is 2.22. The van der Waals surface area contributed by atoms with Gasteiger partial charge < -0.3 is 15.2 Å². The number of anilines is 1. The van der Waals surface area contributed by atoms with Gasteiger partial charge in [0.15, 0.2) is 0 Å². The van der Waals surface area contributed by atoms with E-state index in [1.807, 2.05) is 0 Å². The third kappa shape index (κ3) is 2.57. The Kier molecular flexibility index (Phi) is 4.34. The number of methoxy groups -OCH3 is 2. The summed E-state index contributed by atoms with van der Waals surface area (Å²) in [6.07, 6.45) is 1.32. The van der Waals surface area contributed by atoms with Crippen molar-refractivity contribution in [3.05, 3.63) is 40.3 Å². The normalized spacial score (nSPS) is 10.9. The number of halogens is 3. The van der Waals surface area contributed by atoms with Gasteiger partial charge in [0.05, 0.1) is 35.2 Å². The van der Waals surface area contributed by atoms with E-state index < -0.39 is 5.82 Å². The van der Waals surface area contributed by atoms with Crippen molar-refractivity contribution in [1.29, 1.82) is 0 Å². The number of hydrogen-bond donors (Lipinski definition) is 1. The van der Waals surface area contributed by atoms with E-state index in [1.165, 1.54) is 32.5 Å². The first kappa shape index (κ1) is 16.5. The molecule has 0 fully saturated rings. The molecule has 1 aromatic heterocycles. The average Bonchev–Trinajstić information content (AvgIpc) is 2.57. The van der Waals surface area contributed by atoms with Crippen LogP contribution < -0.4 is 15.2 Å². The van der Waals surface area contributed by atoms with Crippen molar-refractivity contribution in [1.82, 2.24) is 9.97 Å². The number of benzene rings is 2. The van der Waals surface area contributed by atoms with Crippen molar-refractivity contribution in [2.75, 3.05) is 20.0 Å². The van der Waals surface area contributed by atoms with Gasteiger partial charge in [-0.2, -0.15) is 0 Å². The molecule has 124 valence electrons. The van der Waals surface area contributed by atoms with Gasteiger partial charge in [0.25, 0.3) is 0 Å². The van der Waals surface area contributed by atoms with Gasteiger partial charge in [-0.1, -0.05) is 23.2 Å². The van der Waals surface area contributed by atoms with Crippen molar-refractivity contribution < 1.29 is 13.9 Å². The first-order chi connectivity index (χ1) is 11.5. The van der Waals surface area contributed by atoms with E-state index in [-0.39, 0.29) is 32.5 Å². The largest absolute Gasteiger partial charge is 0.495 e. The van der Waals surface area contributed by atoms with Crippen LogP contribution in [0.5, 0.6) is 11.5 Å². The summed E-state index contributed by atoms with van der Waals surface area (Å²) in [5.41, 5.74) is 6.36. The molecule has 0 aliphatic carbocycles. The Morgan fingerprint density at radius 1 is 1.08 bits per heavy atom. The molecule has 0 saturated heterocycles. The van der Waals surface area contributed by atoms with Crippen LogP contribution in [-0.2, 0) is 0 Å². The number of aromatic nitrogens is 2. The molecule has 2 N–H and O–H groups in total. The Bertz CT molecular complexity index is 922. The Labute approximate surface area is 147 Å². The summed E-state index contributed by atoms with van der Waals surface area (Å²) in [5.74, 6) is 0.141. The van der Waals surface area contributed by atoms with E-state index >= 15 is 0 Å². The molecule has 0 radical (unpaired) electrons. The lowest BCUT2D eigenvalue weighted by Crippen LogP contribution is -1.98. The summed E-state index contributed by atoms with van der Waals surface area (Å²) in [5, 5.41) is 0.562. The minimum absolute atomic E-state index is 0.0637. The highest BCUT2D eigenvalue weighted by atomic mass is 35.5. The van der Waals surface area contributed by atoms with Crippen LogP contribution in [-0.4, -0.2) is 24.2 Å². The van der Waals surface area contributed by atoms with Crippen molar-refractivity contribution in [2.45, 2.75) is 0 Å². The second-order valence-corrected chi connectivity index (χ2v) is 5.63. The van der Waals surface area contributed by atoms with E-state index in [0.717, 1.165) is 0 Å². The zero-order chi connectivity index (χ0) is 17.4. The lowest BCUT2D eigenvalue weighted by atomic mass is 10.0. The van der Waals surface area contributed by atoms with Gasteiger partial charge in [0.1, 0.15) is 17.3 Å². The summed E-state index contributed by atoms with van der Waals surface area (Å²) < 4.78 is 25.4. The van der Waals surface area contributed by atoms with E-state index in [9.17, 15) is 4.39 Å². The van der Waals surface area contributed by atoms with E-state index in [4.69, 9.17) is 38.4 Å². The van der Waals surface area contributed by atoms with Gasteiger partial charge in [0.2, 0.25) is 5.95 Å². The fourth-order valence-corrected chi connectivity index (χ4v) is 3.11. The van der Waals surface area contributed by atoms with Crippen LogP contribution in [0, 0.1) is 5.82 Å². The Hall–Kier alpha value is -2.31. The molecule has 0 spiro atoms. The molecule has 2 aromatic carbocycles. The first-order valence-corrected chi connectivity index (χ1v) is 7.54. The third-order valence-corrected chi connectivity index (χ3v) is 4.31. The van der Waals surface area contributed by atoms with Gasteiger partial charge in [0, 0.05) is 23.4 Å². The van der Waals surface area contributed by atoms with Gasteiger partial charge in [-0.3, -0.25) is 0 Å². The molecule has 0 aliphatic heterocycles. The van der Waals surface area contributed by atoms with Crippen LogP contribution >= 0.6 is 23.2 Å². The second kappa shape index (κ2) is 6.30. The van der Waals surface area contributed by atoms with E-state index in [0.29, 0.717) is 17.0 Å². The van der Waals surface area contributed by atoms with Gasteiger partial charge >= 0.3 is 0 Å². The molecular formula is C16H12Cl2FN3O2. The van der Waals surface area contributed by atoms with Crippen LogP contribution in [0.2, 0.25) is 10.0 Å². The highest BCUT2D eigenvalue weighted by molar-refractivity contribution is 6.41. The molecule has 0 atom stereocenters. The fraction of sp³-hybridized carbons (Fsp3) is 0.125. The average molecular weight is 368 g/mol. The summed E-state index contributed by atoms with van der Waals surface area (Å²) in [6, 6.07) is 4.68. The number of fused-ring (bicyclic) bond motifs is 1. The Balaban J connectivity index is 2.35. The summed E-state index contributed by atoms with van der Waals surface area (Å²) in [7, 11) is 2.90. The Morgan fingerprint density at radius 3 is 2.29 bits per heavy atom. The van der Waals surface area contributed by atoms with Crippen LogP contribution in [0.4, 0.5) is 10.3 Å². The monoisotopic (exact) mass is 367 g/mol. The molecule has 0 saturated carbocycles. The van der Waals surface area contributed by atoms with Gasteiger partial charge in [-0.15, -0.1) is 0 Å². The van der Waals surface area contributed by atoms with Crippen molar-refractivity contribution in [3.63, 3.8) is 0 Å². The fourth-order valence-electron chi connectivity index (χ4n) is 2.40. The topological polar surface area (TPSA) is 70.3 Å². The number of nitrogens with zero attached hydrogens (tertiary/aromatic N) is 2.